The summed E-state index contributed by atoms with van der Waals surface area (Å²) in [5.74, 6) is 0. The molecule has 2 heteroatoms. The van der Waals surface area contributed by atoms with Gasteiger partial charge in [-0.05, 0) is 116 Å². The van der Waals surface area contributed by atoms with Crippen molar-refractivity contribution in [1.82, 2.24) is 0 Å². The number of para-hydroxylation sites is 1. The number of anilines is 3. The third-order valence-electron chi connectivity index (χ3n) is 12.7. The molecule has 0 unspecified atom stereocenters. The van der Waals surface area contributed by atoms with Crippen molar-refractivity contribution in [2.45, 2.75) is 5.41 Å². The van der Waals surface area contributed by atoms with Gasteiger partial charge in [0.05, 0.1) is 5.41 Å². The molecular weight excluding hydrogens is 739 g/mol. The van der Waals surface area contributed by atoms with Crippen molar-refractivity contribution in [3.63, 3.8) is 0 Å². The average molecular weight is 778 g/mol. The smallest absolute Gasteiger partial charge is 0.143 e. The second-order valence-electron chi connectivity index (χ2n) is 16.0. The highest BCUT2D eigenvalue weighted by Gasteiger charge is 2.46. The molecule has 1 aliphatic carbocycles. The Morgan fingerprint density at radius 3 is 1.64 bits per heavy atom. The lowest BCUT2D eigenvalue weighted by Gasteiger charge is -2.35. The van der Waals surface area contributed by atoms with Crippen LogP contribution in [0.4, 0.5) is 17.1 Å². The summed E-state index contributed by atoms with van der Waals surface area (Å²) >= 11 is 0. The van der Waals surface area contributed by atoms with E-state index in [1.54, 1.807) is 0 Å². The monoisotopic (exact) mass is 777 g/mol. The molecule has 2 nitrogen and oxygen atoms in total. The number of furan rings is 1. The predicted molar refractivity (Wildman–Crippen MR) is 254 cm³/mol. The van der Waals surface area contributed by atoms with E-state index in [9.17, 15) is 0 Å². The van der Waals surface area contributed by atoms with Gasteiger partial charge in [-0.25, -0.2) is 0 Å². The van der Waals surface area contributed by atoms with Crippen LogP contribution in [-0.2, 0) is 5.41 Å². The van der Waals surface area contributed by atoms with Crippen LogP contribution in [0.15, 0.2) is 241 Å². The van der Waals surface area contributed by atoms with Gasteiger partial charge in [0.1, 0.15) is 11.2 Å². The van der Waals surface area contributed by atoms with Gasteiger partial charge < -0.3 is 9.32 Å². The lowest BCUT2D eigenvalue weighted by molar-refractivity contribution is 0.672. The van der Waals surface area contributed by atoms with Gasteiger partial charge in [-0.1, -0.05) is 182 Å². The maximum atomic E-state index is 6.80. The minimum Gasteiger partial charge on any atom is -0.455 e. The van der Waals surface area contributed by atoms with Crippen molar-refractivity contribution < 1.29 is 4.42 Å². The number of hydrogen-bond acceptors (Lipinski definition) is 2. The molecule has 0 amide bonds. The first-order valence-electron chi connectivity index (χ1n) is 21.0. The van der Waals surface area contributed by atoms with Gasteiger partial charge in [-0.2, -0.15) is 0 Å². The molecule has 11 aromatic rings. The molecule has 0 spiro atoms. The average Bonchev–Trinajstić information content (AvgIpc) is 3.86. The Kier molecular flexibility index (Phi) is 8.11. The van der Waals surface area contributed by atoms with Crippen molar-refractivity contribution in [1.29, 1.82) is 0 Å². The van der Waals surface area contributed by atoms with E-state index < -0.39 is 5.41 Å². The standard InChI is InChI=1S/C59H39NO/c1-5-18-40(19-6-1)41-20-17-21-42(36-41)52-39-54-53-37-46(33-35-57(53)61-58(54)51-30-14-13-28-48(51)52)60(45-26-11-4-12-27-45)47-32-34-50-49-29-15-16-31-55(49)59(56(50)38-47,43-22-7-2-8-23-43)44-24-9-3-10-25-44/h1-39H. The van der Waals surface area contributed by atoms with E-state index in [0.29, 0.717) is 0 Å². The number of rotatable bonds is 7. The predicted octanol–water partition coefficient (Wildman–Crippen LogP) is 15.9. The molecule has 0 aliphatic heterocycles. The van der Waals surface area contributed by atoms with E-state index in [4.69, 9.17) is 4.42 Å². The highest BCUT2D eigenvalue weighted by molar-refractivity contribution is 6.19. The van der Waals surface area contributed by atoms with Crippen LogP contribution in [0.1, 0.15) is 22.3 Å². The fourth-order valence-electron chi connectivity index (χ4n) is 10.1. The summed E-state index contributed by atoms with van der Waals surface area (Å²) in [5.41, 5.74) is 16.8. The number of hydrogen-bond donors (Lipinski definition) is 0. The van der Waals surface area contributed by atoms with Gasteiger partial charge in [0.2, 0.25) is 0 Å². The Hall–Kier alpha value is -7.94. The maximum absolute atomic E-state index is 6.80. The van der Waals surface area contributed by atoms with Crippen LogP contribution >= 0.6 is 0 Å². The van der Waals surface area contributed by atoms with Gasteiger partial charge >= 0.3 is 0 Å². The van der Waals surface area contributed by atoms with E-state index in [-0.39, 0.29) is 0 Å². The lowest BCUT2D eigenvalue weighted by atomic mass is 9.67. The Morgan fingerprint density at radius 2 is 0.885 bits per heavy atom. The molecule has 0 saturated carbocycles. The maximum Gasteiger partial charge on any atom is 0.143 e. The van der Waals surface area contributed by atoms with Crippen LogP contribution in [0.25, 0.3) is 66.1 Å². The molecule has 0 radical (unpaired) electrons. The molecule has 12 rings (SSSR count). The second-order valence-corrected chi connectivity index (χ2v) is 16.0. The zero-order chi connectivity index (χ0) is 40.3. The van der Waals surface area contributed by atoms with Crippen LogP contribution in [0.3, 0.4) is 0 Å². The van der Waals surface area contributed by atoms with E-state index in [1.807, 2.05) is 0 Å². The van der Waals surface area contributed by atoms with Crippen LogP contribution < -0.4 is 4.90 Å². The molecule has 0 N–H and O–H groups in total. The van der Waals surface area contributed by atoms with E-state index in [0.717, 1.165) is 44.4 Å². The molecule has 10 aromatic carbocycles. The van der Waals surface area contributed by atoms with Crippen LogP contribution in [0, 0.1) is 0 Å². The SMILES string of the molecule is c1ccc(-c2cccc(-c3cc4c5cc(N(c6ccccc6)c6ccc7c(c6)C(c6ccccc6)(c6ccccc6)c6ccccc6-7)ccc5oc4c4ccccc34)c2)cc1. The highest BCUT2D eigenvalue weighted by atomic mass is 16.3. The quantitative estimate of drug-likeness (QED) is 0.160. The van der Waals surface area contributed by atoms with E-state index in [1.165, 1.54) is 61.0 Å². The summed E-state index contributed by atoms with van der Waals surface area (Å²) in [6, 6.07) is 85.9. The summed E-state index contributed by atoms with van der Waals surface area (Å²) in [6.45, 7) is 0. The third kappa shape index (κ3) is 5.50. The van der Waals surface area contributed by atoms with E-state index in [2.05, 4.69) is 241 Å². The van der Waals surface area contributed by atoms with Crippen molar-refractivity contribution >= 4 is 49.8 Å². The van der Waals surface area contributed by atoms with Crippen molar-refractivity contribution in [3.05, 3.63) is 259 Å². The number of fused-ring (bicyclic) bond motifs is 8. The second kappa shape index (κ2) is 14.1. The Morgan fingerprint density at radius 1 is 0.311 bits per heavy atom. The van der Waals surface area contributed by atoms with Gasteiger partial charge in [-0.15, -0.1) is 0 Å². The normalized spacial score (nSPS) is 12.7. The molecule has 0 fully saturated rings. The van der Waals surface area contributed by atoms with E-state index >= 15 is 0 Å². The minimum atomic E-state index is -0.507. The highest BCUT2D eigenvalue weighted by Crippen LogP contribution is 2.57. The summed E-state index contributed by atoms with van der Waals surface area (Å²) < 4.78 is 6.80. The topological polar surface area (TPSA) is 16.4 Å². The molecule has 0 saturated heterocycles. The summed E-state index contributed by atoms with van der Waals surface area (Å²) in [5, 5.41) is 4.45. The number of nitrogens with zero attached hydrogens (tertiary/aromatic N) is 1. The van der Waals surface area contributed by atoms with Gasteiger partial charge in [-0.3, -0.25) is 0 Å². The largest absolute Gasteiger partial charge is 0.455 e. The van der Waals surface area contributed by atoms with Crippen molar-refractivity contribution in [3.8, 4) is 33.4 Å². The zero-order valence-electron chi connectivity index (χ0n) is 33.4. The Labute approximate surface area is 355 Å². The molecule has 0 atom stereocenters. The first-order chi connectivity index (χ1) is 30.3. The molecule has 1 aliphatic rings. The minimum absolute atomic E-state index is 0.507. The Bertz CT molecular complexity index is 3370. The van der Waals surface area contributed by atoms with Gasteiger partial charge in [0, 0.05) is 33.2 Å². The summed E-state index contributed by atoms with van der Waals surface area (Å²) in [6.07, 6.45) is 0. The fraction of sp³-hybridized carbons (Fsp3) is 0.0169. The van der Waals surface area contributed by atoms with Gasteiger partial charge in [0.25, 0.3) is 0 Å². The fourth-order valence-corrected chi connectivity index (χ4v) is 10.1. The zero-order valence-corrected chi connectivity index (χ0v) is 33.4. The lowest BCUT2D eigenvalue weighted by Crippen LogP contribution is -2.28. The van der Waals surface area contributed by atoms with Crippen molar-refractivity contribution in [2.75, 3.05) is 4.90 Å². The summed E-state index contributed by atoms with van der Waals surface area (Å²) in [7, 11) is 0. The number of benzene rings is 10. The van der Waals surface area contributed by atoms with Crippen LogP contribution in [-0.4, -0.2) is 0 Å². The van der Waals surface area contributed by atoms with Crippen LogP contribution in [0.5, 0.6) is 0 Å². The molecule has 1 heterocycles. The van der Waals surface area contributed by atoms with Gasteiger partial charge in [0.15, 0.2) is 0 Å². The molecular formula is C59H39NO. The first kappa shape index (κ1) is 35.0. The van der Waals surface area contributed by atoms with Crippen molar-refractivity contribution in [2.24, 2.45) is 0 Å². The summed E-state index contributed by atoms with van der Waals surface area (Å²) in [4.78, 5) is 2.40. The molecule has 61 heavy (non-hydrogen) atoms. The Balaban J connectivity index is 1.08. The van der Waals surface area contributed by atoms with Crippen LogP contribution in [0.2, 0.25) is 0 Å². The first-order valence-corrected chi connectivity index (χ1v) is 21.0. The molecule has 0 bridgehead atoms. The molecule has 286 valence electrons. The third-order valence-corrected chi connectivity index (χ3v) is 12.7. The molecule has 1 aromatic heterocycles.